The largest absolute Gasteiger partial charge is 0.282 e. The van der Waals surface area contributed by atoms with Gasteiger partial charge in [0.05, 0.1) is 0 Å². The molecule has 27 heavy (non-hydrogen) atoms. The second-order valence-electron chi connectivity index (χ2n) is 5.95. The molecule has 1 aromatic rings. The number of carbonyl (C=O) groups excluding carboxylic acids is 1. The lowest BCUT2D eigenvalue weighted by molar-refractivity contribution is -0.150. The predicted molar refractivity (Wildman–Crippen MR) is 116 cm³/mol. The molecule has 0 spiro atoms. The zero-order valence-electron chi connectivity index (χ0n) is 18.2. The van der Waals surface area contributed by atoms with E-state index in [4.69, 9.17) is 10.7 Å². The van der Waals surface area contributed by atoms with Crippen molar-refractivity contribution in [2.75, 3.05) is 6.54 Å². The van der Waals surface area contributed by atoms with E-state index in [-0.39, 0.29) is 5.91 Å². The molecule has 154 valence electrons. The number of carbonyl (C=O) groups is 1. The molecule has 1 rings (SSSR count). The third-order valence-electron chi connectivity index (χ3n) is 3.69. The summed E-state index contributed by atoms with van der Waals surface area (Å²) in [6.45, 7) is 17.9. The predicted octanol–water partition coefficient (Wildman–Crippen LogP) is 5.01. The second-order valence-corrected chi connectivity index (χ2v) is 5.95. The zero-order chi connectivity index (χ0) is 21.3. The quantitative estimate of drug-likeness (QED) is 0.380. The summed E-state index contributed by atoms with van der Waals surface area (Å²) in [7, 11) is 0. The molecule has 0 radical (unpaired) electrons. The molecule has 1 amide bonds. The summed E-state index contributed by atoms with van der Waals surface area (Å²) < 4.78 is 0. The van der Waals surface area contributed by atoms with E-state index in [1.165, 1.54) is 5.56 Å². The van der Waals surface area contributed by atoms with E-state index in [2.05, 4.69) is 18.9 Å². The Labute approximate surface area is 166 Å². The van der Waals surface area contributed by atoms with Gasteiger partial charge in [-0.05, 0) is 58.2 Å². The molecule has 0 fully saturated rings. The molecule has 0 aliphatic heterocycles. The average molecular weight is 378 g/mol. The van der Waals surface area contributed by atoms with Gasteiger partial charge in [-0.15, -0.1) is 6.58 Å². The number of aryl methyl sites for hydroxylation is 1. The van der Waals surface area contributed by atoms with Crippen LogP contribution >= 0.6 is 0 Å². The van der Waals surface area contributed by atoms with E-state index in [1.54, 1.807) is 24.9 Å². The molecule has 3 N–H and O–H groups in total. The lowest BCUT2D eigenvalue weighted by Gasteiger charge is -2.36. The Balaban J connectivity index is 0. The zero-order valence-corrected chi connectivity index (χ0v) is 18.2. The van der Waals surface area contributed by atoms with Crippen molar-refractivity contribution < 1.29 is 9.63 Å². The summed E-state index contributed by atoms with van der Waals surface area (Å²) in [6, 6.07) is 7.54. The fraction of sp³-hybridized carbons (Fsp3) is 0.500. The van der Waals surface area contributed by atoms with Crippen LogP contribution in [-0.2, 0) is 11.3 Å². The average Bonchev–Trinajstić information content (AvgIpc) is 2.72. The molecule has 0 aliphatic carbocycles. The SMILES string of the molecule is C/C=C\C.C=CCCN(NC(=O)c1ccc(CC)cc1)C(C)(C)ON.CC. The minimum absolute atomic E-state index is 0.188. The maximum atomic E-state index is 12.3. The van der Waals surface area contributed by atoms with Crippen molar-refractivity contribution in [3.05, 3.63) is 60.2 Å². The van der Waals surface area contributed by atoms with Gasteiger partial charge in [0.2, 0.25) is 0 Å². The normalized spacial score (nSPS) is 10.6. The van der Waals surface area contributed by atoms with Gasteiger partial charge in [-0.3, -0.25) is 15.1 Å². The number of nitrogens with one attached hydrogen (secondary N) is 1. The number of nitrogens with two attached hydrogens (primary N) is 1. The van der Waals surface area contributed by atoms with E-state index < -0.39 is 5.72 Å². The fourth-order valence-electron chi connectivity index (χ4n) is 1.82. The number of benzene rings is 1. The van der Waals surface area contributed by atoms with Crippen LogP contribution < -0.4 is 11.3 Å². The molecule has 0 saturated carbocycles. The number of allylic oxidation sites excluding steroid dienone is 2. The van der Waals surface area contributed by atoms with Crippen LogP contribution in [0.25, 0.3) is 0 Å². The van der Waals surface area contributed by atoms with Gasteiger partial charge in [-0.25, -0.2) is 5.90 Å². The first-order valence-electron chi connectivity index (χ1n) is 9.59. The Morgan fingerprint density at radius 3 is 2.11 bits per heavy atom. The molecule has 0 aliphatic rings. The van der Waals surface area contributed by atoms with Crippen molar-refractivity contribution in [1.82, 2.24) is 10.4 Å². The number of nitrogens with zero attached hydrogens (tertiary/aromatic N) is 1. The van der Waals surface area contributed by atoms with E-state index in [0.29, 0.717) is 18.5 Å². The van der Waals surface area contributed by atoms with Crippen LogP contribution in [0.5, 0.6) is 0 Å². The molecular weight excluding hydrogens is 338 g/mol. The first-order valence-corrected chi connectivity index (χ1v) is 9.59. The summed E-state index contributed by atoms with van der Waals surface area (Å²) in [5.74, 6) is 5.12. The smallest absolute Gasteiger partial charge is 0.265 e. The highest BCUT2D eigenvalue weighted by Crippen LogP contribution is 2.13. The van der Waals surface area contributed by atoms with Crippen molar-refractivity contribution in [3.8, 4) is 0 Å². The molecule has 0 unspecified atom stereocenters. The van der Waals surface area contributed by atoms with Crippen LogP contribution in [0.15, 0.2) is 49.1 Å². The van der Waals surface area contributed by atoms with Crippen molar-refractivity contribution in [3.63, 3.8) is 0 Å². The molecule has 0 atom stereocenters. The maximum Gasteiger partial charge on any atom is 0.265 e. The van der Waals surface area contributed by atoms with Crippen LogP contribution in [0, 0.1) is 0 Å². The summed E-state index contributed by atoms with van der Waals surface area (Å²) >= 11 is 0. The van der Waals surface area contributed by atoms with Crippen LogP contribution in [-0.4, -0.2) is 23.2 Å². The van der Waals surface area contributed by atoms with Gasteiger partial charge in [0, 0.05) is 12.1 Å². The van der Waals surface area contributed by atoms with Gasteiger partial charge in [-0.1, -0.05) is 51.1 Å². The first kappa shape index (κ1) is 27.3. The third kappa shape index (κ3) is 11.4. The highest BCUT2D eigenvalue weighted by molar-refractivity contribution is 5.93. The number of hydrogen-bond acceptors (Lipinski definition) is 4. The van der Waals surface area contributed by atoms with Gasteiger partial charge in [0.25, 0.3) is 5.91 Å². The number of hydrazine groups is 1. The third-order valence-corrected chi connectivity index (χ3v) is 3.69. The monoisotopic (exact) mass is 377 g/mol. The highest BCUT2D eigenvalue weighted by Gasteiger charge is 2.28. The van der Waals surface area contributed by atoms with E-state index in [9.17, 15) is 4.79 Å². The van der Waals surface area contributed by atoms with Gasteiger partial charge in [0.15, 0.2) is 5.72 Å². The maximum absolute atomic E-state index is 12.3. The van der Waals surface area contributed by atoms with Gasteiger partial charge in [0.1, 0.15) is 0 Å². The Morgan fingerprint density at radius 1 is 1.22 bits per heavy atom. The Kier molecular flexibility index (Phi) is 16.4. The van der Waals surface area contributed by atoms with Crippen LogP contribution in [0.4, 0.5) is 0 Å². The van der Waals surface area contributed by atoms with Gasteiger partial charge >= 0.3 is 0 Å². The molecule has 0 saturated heterocycles. The Hall–Kier alpha value is -1.95. The number of rotatable bonds is 8. The van der Waals surface area contributed by atoms with E-state index in [1.807, 2.05) is 64.1 Å². The Morgan fingerprint density at radius 2 is 1.74 bits per heavy atom. The minimum Gasteiger partial charge on any atom is -0.282 e. The fourth-order valence-corrected chi connectivity index (χ4v) is 1.82. The molecule has 0 aromatic heterocycles. The highest BCUT2D eigenvalue weighted by atomic mass is 16.6. The van der Waals surface area contributed by atoms with Crippen molar-refractivity contribution in [2.45, 2.75) is 67.0 Å². The molecule has 0 heterocycles. The summed E-state index contributed by atoms with van der Waals surface area (Å²) in [4.78, 5) is 17.3. The summed E-state index contributed by atoms with van der Waals surface area (Å²) in [5.41, 5.74) is 3.83. The van der Waals surface area contributed by atoms with Gasteiger partial charge < -0.3 is 0 Å². The molecule has 5 nitrogen and oxygen atoms in total. The van der Waals surface area contributed by atoms with Crippen LogP contribution in [0.1, 0.15) is 70.8 Å². The lowest BCUT2D eigenvalue weighted by Crippen LogP contribution is -2.56. The van der Waals surface area contributed by atoms with Crippen LogP contribution in [0.2, 0.25) is 0 Å². The van der Waals surface area contributed by atoms with Crippen molar-refractivity contribution in [2.24, 2.45) is 5.90 Å². The summed E-state index contributed by atoms with van der Waals surface area (Å²) in [6.07, 6.45) is 7.44. The van der Waals surface area contributed by atoms with Crippen LogP contribution in [0.3, 0.4) is 0 Å². The second kappa shape index (κ2) is 16.2. The topological polar surface area (TPSA) is 67.6 Å². The first-order chi connectivity index (χ1) is 12.9. The van der Waals surface area contributed by atoms with Crippen molar-refractivity contribution in [1.29, 1.82) is 0 Å². The molecule has 1 aromatic carbocycles. The Bertz CT molecular complexity index is 533. The minimum atomic E-state index is -0.804. The number of hydrogen-bond donors (Lipinski definition) is 2. The van der Waals surface area contributed by atoms with Crippen molar-refractivity contribution >= 4 is 5.91 Å². The standard InChI is InChI=1S/C16H25N3O2.C4H8.C2H6/c1-5-7-12-19(16(3,4)21-17)18-15(20)14-10-8-13(6-2)9-11-14;1-3-4-2;1-2/h5,8-11H,1,6-7,12,17H2,2-4H3,(H,18,20);3-4H,1-2H3;1-2H3/b;4-3-;. The molecule has 0 bridgehead atoms. The number of amides is 1. The summed E-state index contributed by atoms with van der Waals surface area (Å²) in [5, 5.41) is 1.67. The van der Waals surface area contributed by atoms with E-state index in [0.717, 1.165) is 6.42 Å². The molecular formula is C22H39N3O2. The lowest BCUT2D eigenvalue weighted by atomic mass is 10.1. The molecule has 5 heteroatoms. The van der Waals surface area contributed by atoms with Gasteiger partial charge in [-0.2, -0.15) is 5.01 Å². The van der Waals surface area contributed by atoms with E-state index >= 15 is 0 Å².